The van der Waals surface area contributed by atoms with E-state index in [4.69, 9.17) is 4.74 Å². The molecule has 2 aromatic rings. The van der Waals surface area contributed by atoms with Crippen LogP contribution in [0.15, 0.2) is 24.7 Å². The van der Waals surface area contributed by atoms with Crippen LogP contribution in [0.2, 0.25) is 0 Å². The van der Waals surface area contributed by atoms with E-state index in [1.807, 2.05) is 33.3 Å². The van der Waals surface area contributed by atoms with E-state index >= 15 is 0 Å². The van der Waals surface area contributed by atoms with Crippen LogP contribution in [0, 0.1) is 6.92 Å². The second-order valence-corrected chi connectivity index (χ2v) is 7.58. The molecule has 6 heteroatoms. The molecule has 1 N–H and O–H groups in total. The fourth-order valence-corrected chi connectivity index (χ4v) is 2.93. The second-order valence-electron chi connectivity index (χ2n) is 6.20. The van der Waals surface area contributed by atoms with Gasteiger partial charge in [0.15, 0.2) is 0 Å². The van der Waals surface area contributed by atoms with Gasteiger partial charge in [-0.15, -0.1) is 11.3 Å². The molecular formula is C16H23N3O2S. The molecule has 0 unspecified atom stereocenters. The first-order valence-electron chi connectivity index (χ1n) is 7.35. The van der Waals surface area contributed by atoms with Gasteiger partial charge < -0.3 is 14.6 Å². The molecule has 0 bridgehead atoms. The van der Waals surface area contributed by atoms with Crippen LogP contribution in [0.3, 0.4) is 0 Å². The number of nitrogens with zero attached hydrogens (tertiary/aromatic N) is 2. The fraction of sp³-hybridized carbons (Fsp3) is 0.500. The van der Waals surface area contributed by atoms with Gasteiger partial charge in [-0.1, -0.05) is 0 Å². The van der Waals surface area contributed by atoms with E-state index in [0.29, 0.717) is 6.54 Å². The SMILES string of the molecule is Cc1ccc(Cn2cncc2CCNC(=O)OC(C)(C)C)s1. The summed E-state index contributed by atoms with van der Waals surface area (Å²) < 4.78 is 7.33. The summed E-state index contributed by atoms with van der Waals surface area (Å²) in [4.78, 5) is 18.4. The smallest absolute Gasteiger partial charge is 0.407 e. The van der Waals surface area contributed by atoms with Crippen LogP contribution >= 0.6 is 11.3 Å². The van der Waals surface area contributed by atoms with Gasteiger partial charge >= 0.3 is 6.09 Å². The maximum atomic E-state index is 11.6. The van der Waals surface area contributed by atoms with Crippen molar-refractivity contribution in [2.24, 2.45) is 0 Å². The van der Waals surface area contributed by atoms with E-state index in [-0.39, 0.29) is 6.09 Å². The molecule has 0 aliphatic rings. The minimum Gasteiger partial charge on any atom is -0.444 e. The predicted molar refractivity (Wildman–Crippen MR) is 88.3 cm³/mol. The molecule has 22 heavy (non-hydrogen) atoms. The van der Waals surface area contributed by atoms with Gasteiger partial charge in [0, 0.05) is 34.6 Å². The topological polar surface area (TPSA) is 56.2 Å². The number of hydrogen-bond acceptors (Lipinski definition) is 4. The maximum Gasteiger partial charge on any atom is 0.407 e. The average molecular weight is 321 g/mol. The van der Waals surface area contributed by atoms with Gasteiger partial charge in [0.05, 0.1) is 12.9 Å². The molecule has 0 fully saturated rings. The molecule has 0 atom stereocenters. The van der Waals surface area contributed by atoms with Gasteiger partial charge in [0.2, 0.25) is 0 Å². The van der Waals surface area contributed by atoms with E-state index in [2.05, 4.69) is 33.9 Å². The first kappa shape index (κ1) is 16.5. The zero-order valence-corrected chi connectivity index (χ0v) is 14.4. The summed E-state index contributed by atoms with van der Waals surface area (Å²) in [7, 11) is 0. The van der Waals surface area contributed by atoms with Crippen LogP contribution in [0.1, 0.15) is 36.2 Å². The number of thiophene rings is 1. The predicted octanol–water partition coefficient (Wildman–Crippen LogP) is 3.37. The average Bonchev–Trinajstić information content (AvgIpc) is 2.98. The molecule has 2 heterocycles. The highest BCUT2D eigenvalue weighted by molar-refractivity contribution is 7.11. The number of hydrogen-bond donors (Lipinski definition) is 1. The molecule has 0 saturated carbocycles. The number of carbonyl (C=O) groups is 1. The third kappa shape index (κ3) is 5.18. The number of amides is 1. The third-order valence-electron chi connectivity index (χ3n) is 2.97. The Labute approximate surface area is 135 Å². The van der Waals surface area contributed by atoms with Crippen LogP contribution in [-0.2, 0) is 17.7 Å². The molecule has 1 amide bonds. The van der Waals surface area contributed by atoms with E-state index in [0.717, 1.165) is 18.7 Å². The normalized spacial score (nSPS) is 11.5. The number of rotatable bonds is 5. The van der Waals surface area contributed by atoms with Crippen molar-refractivity contribution in [2.75, 3.05) is 6.54 Å². The highest BCUT2D eigenvalue weighted by Gasteiger charge is 2.15. The molecule has 5 nitrogen and oxygen atoms in total. The van der Waals surface area contributed by atoms with Crippen LogP contribution in [0.4, 0.5) is 4.79 Å². The summed E-state index contributed by atoms with van der Waals surface area (Å²) in [5.41, 5.74) is 0.630. The van der Waals surface area contributed by atoms with Crippen molar-refractivity contribution in [3.05, 3.63) is 40.1 Å². The number of ether oxygens (including phenoxy) is 1. The number of alkyl carbamates (subject to hydrolysis) is 1. The molecule has 0 spiro atoms. The molecule has 120 valence electrons. The maximum absolute atomic E-state index is 11.6. The Hall–Kier alpha value is -1.82. The van der Waals surface area contributed by atoms with Crippen molar-refractivity contribution >= 4 is 17.4 Å². The summed E-state index contributed by atoms with van der Waals surface area (Å²) in [5, 5.41) is 2.77. The standard InChI is InChI=1S/C16H23N3O2S/c1-12-5-6-14(22-12)10-19-11-17-9-13(19)7-8-18-15(20)21-16(2,3)4/h5-6,9,11H,7-8,10H2,1-4H3,(H,18,20). The first-order valence-corrected chi connectivity index (χ1v) is 8.16. The number of aryl methyl sites for hydroxylation is 1. The minimum atomic E-state index is -0.469. The highest BCUT2D eigenvalue weighted by Crippen LogP contribution is 2.17. The van der Waals surface area contributed by atoms with E-state index < -0.39 is 5.60 Å². The molecule has 0 aromatic carbocycles. The summed E-state index contributed by atoms with van der Waals surface area (Å²) in [6, 6.07) is 4.27. The lowest BCUT2D eigenvalue weighted by molar-refractivity contribution is 0.0528. The zero-order chi connectivity index (χ0) is 16.2. The Balaban J connectivity index is 1.84. The summed E-state index contributed by atoms with van der Waals surface area (Å²) >= 11 is 1.79. The van der Waals surface area contributed by atoms with Crippen molar-refractivity contribution in [3.8, 4) is 0 Å². The van der Waals surface area contributed by atoms with E-state index in [9.17, 15) is 4.79 Å². The van der Waals surface area contributed by atoms with Crippen molar-refractivity contribution in [2.45, 2.75) is 46.3 Å². The van der Waals surface area contributed by atoms with Gasteiger partial charge in [-0.25, -0.2) is 9.78 Å². The highest BCUT2D eigenvalue weighted by atomic mass is 32.1. The Morgan fingerprint density at radius 1 is 1.41 bits per heavy atom. The van der Waals surface area contributed by atoms with Crippen LogP contribution in [0.5, 0.6) is 0 Å². The molecular weight excluding hydrogens is 298 g/mol. The van der Waals surface area contributed by atoms with Gasteiger partial charge in [0.25, 0.3) is 0 Å². The minimum absolute atomic E-state index is 0.382. The zero-order valence-electron chi connectivity index (χ0n) is 13.5. The van der Waals surface area contributed by atoms with E-state index in [1.165, 1.54) is 9.75 Å². The number of nitrogens with one attached hydrogen (secondary N) is 1. The summed E-state index contributed by atoms with van der Waals surface area (Å²) in [6.07, 6.45) is 4.02. The van der Waals surface area contributed by atoms with Gasteiger partial charge in [0.1, 0.15) is 5.60 Å². The third-order valence-corrected chi connectivity index (χ3v) is 3.96. The molecule has 0 radical (unpaired) electrons. The van der Waals surface area contributed by atoms with Crippen LogP contribution in [-0.4, -0.2) is 27.8 Å². The number of imidazole rings is 1. The van der Waals surface area contributed by atoms with Gasteiger partial charge in [-0.3, -0.25) is 0 Å². The van der Waals surface area contributed by atoms with E-state index in [1.54, 1.807) is 11.3 Å². The second kappa shape index (κ2) is 6.96. The lowest BCUT2D eigenvalue weighted by Crippen LogP contribution is -2.33. The van der Waals surface area contributed by atoms with Crippen molar-refractivity contribution in [1.29, 1.82) is 0 Å². The monoisotopic (exact) mass is 321 g/mol. The van der Waals surface area contributed by atoms with Crippen LogP contribution < -0.4 is 5.32 Å². The summed E-state index contributed by atoms with van der Waals surface area (Å²) in [6.45, 7) is 9.01. The molecule has 0 saturated heterocycles. The lowest BCUT2D eigenvalue weighted by atomic mass is 10.2. The number of carbonyl (C=O) groups excluding carboxylic acids is 1. The Bertz CT molecular complexity index is 625. The van der Waals surface area contributed by atoms with Crippen LogP contribution in [0.25, 0.3) is 0 Å². The van der Waals surface area contributed by atoms with Crippen molar-refractivity contribution in [1.82, 2.24) is 14.9 Å². The van der Waals surface area contributed by atoms with Crippen molar-refractivity contribution < 1.29 is 9.53 Å². The lowest BCUT2D eigenvalue weighted by Gasteiger charge is -2.19. The quantitative estimate of drug-likeness (QED) is 0.918. The number of aromatic nitrogens is 2. The summed E-state index contributed by atoms with van der Waals surface area (Å²) in [5.74, 6) is 0. The van der Waals surface area contributed by atoms with Crippen molar-refractivity contribution in [3.63, 3.8) is 0 Å². The molecule has 0 aliphatic heterocycles. The fourth-order valence-electron chi connectivity index (χ4n) is 2.04. The molecule has 0 aliphatic carbocycles. The largest absolute Gasteiger partial charge is 0.444 e. The first-order chi connectivity index (χ1) is 10.3. The molecule has 2 rings (SSSR count). The molecule has 2 aromatic heterocycles. The Morgan fingerprint density at radius 3 is 2.82 bits per heavy atom. The Morgan fingerprint density at radius 2 is 2.18 bits per heavy atom. The van der Waals surface area contributed by atoms with Gasteiger partial charge in [-0.2, -0.15) is 0 Å². The van der Waals surface area contributed by atoms with Gasteiger partial charge in [-0.05, 0) is 39.8 Å². The Kier molecular flexibility index (Phi) is 5.24.